The van der Waals surface area contributed by atoms with Crippen molar-refractivity contribution >= 4 is 16.7 Å². The van der Waals surface area contributed by atoms with Crippen molar-refractivity contribution in [2.45, 2.75) is 31.6 Å². The zero-order valence-corrected chi connectivity index (χ0v) is 12.2. The maximum atomic E-state index is 11.3. The molecule has 1 N–H and O–H groups in total. The van der Waals surface area contributed by atoms with Gasteiger partial charge in [0.2, 0.25) is 5.95 Å². The average Bonchev–Trinajstić information content (AvgIpc) is 2.79. The van der Waals surface area contributed by atoms with Crippen LogP contribution in [-0.2, 0) is 22.1 Å². The number of anilines is 1. The van der Waals surface area contributed by atoms with E-state index in [0.717, 1.165) is 38.5 Å². The second-order valence-electron chi connectivity index (χ2n) is 4.32. The lowest BCUT2D eigenvalue weighted by Crippen LogP contribution is -2.15. The van der Waals surface area contributed by atoms with Gasteiger partial charge in [0.15, 0.2) is 0 Å². The summed E-state index contributed by atoms with van der Waals surface area (Å²) in [7, 11) is 0.944. The molecule has 18 heavy (non-hydrogen) atoms. The van der Waals surface area contributed by atoms with Crippen molar-refractivity contribution in [2.75, 3.05) is 31.8 Å². The summed E-state index contributed by atoms with van der Waals surface area (Å²) in [5.41, 5.74) is 0. The Morgan fingerprint density at radius 2 is 2.39 bits per heavy atom. The molecule has 0 aliphatic carbocycles. The Balaban J connectivity index is 2.37. The van der Waals surface area contributed by atoms with Crippen LogP contribution in [0.2, 0.25) is 0 Å². The summed E-state index contributed by atoms with van der Waals surface area (Å²) in [5.74, 6) is 0.875. The highest BCUT2D eigenvalue weighted by atomic mass is 32.2. The number of rotatable bonds is 9. The largest absolute Gasteiger partial charge is 0.385 e. The molecule has 0 aliphatic rings. The van der Waals surface area contributed by atoms with Crippen molar-refractivity contribution in [1.82, 2.24) is 9.55 Å². The fourth-order valence-electron chi connectivity index (χ4n) is 1.56. The van der Waals surface area contributed by atoms with E-state index in [2.05, 4.69) is 14.9 Å². The van der Waals surface area contributed by atoms with E-state index in [9.17, 15) is 4.21 Å². The third kappa shape index (κ3) is 5.18. The molecule has 6 heteroatoms. The first-order chi connectivity index (χ1) is 8.65. The van der Waals surface area contributed by atoms with E-state index in [0.29, 0.717) is 0 Å². The van der Waals surface area contributed by atoms with Gasteiger partial charge in [-0.3, -0.25) is 4.21 Å². The highest BCUT2D eigenvalue weighted by Crippen LogP contribution is 2.08. The van der Waals surface area contributed by atoms with Gasteiger partial charge in [-0.2, -0.15) is 0 Å². The Hall–Kier alpha value is -0.880. The quantitative estimate of drug-likeness (QED) is 0.693. The molecule has 104 valence electrons. The predicted molar refractivity (Wildman–Crippen MR) is 75.4 cm³/mol. The molecule has 2 unspecified atom stereocenters. The number of methoxy groups -OCH3 is 1. The Bertz CT molecular complexity index is 368. The minimum Gasteiger partial charge on any atom is -0.385 e. The second-order valence-corrected chi connectivity index (χ2v) is 6.12. The lowest BCUT2D eigenvalue weighted by molar-refractivity contribution is 0.197. The molecule has 0 aliphatic heterocycles. The van der Waals surface area contributed by atoms with Gasteiger partial charge in [0, 0.05) is 61.5 Å². The number of nitrogens with zero attached hydrogens (tertiary/aromatic N) is 2. The van der Waals surface area contributed by atoms with Crippen molar-refractivity contribution < 1.29 is 8.95 Å². The first-order valence-electron chi connectivity index (χ1n) is 6.21. The van der Waals surface area contributed by atoms with Gasteiger partial charge in [-0.15, -0.1) is 0 Å². The third-order valence-corrected chi connectivity index (χ3v) is 4.24. The van der Waals surface area contributed by atoms with E-state index in [1.807, 2.05) is 13.1 Å². The number of aromatic nitrogens is 2. The molecule has 0 radical (unpaired) electrons. The lowest BCUT2D eigenvalue weighted by atomic mass is 10.3. The molecule has 0 aromatic carbocycles. The molecule has 0 bridgehead atoms. The number of imidazole rings is 1. The summed E-state index contributed by atoms with van der Waals surface area (Å²) in [4.78, 5) is 4.27. The molecule has 0 saturated carbocycles. The van der Waals surface area contributed by atoms with Crippen molar-refractivity contribution in [3.05, 3.63) is 12.4 Å². The molecule has 2 atom stereocenters. The van der Waals surface area contributed by atoms with Crippen molar-refractivity contribution in [3.8, 4) is 0 Å². The molecule has 0 spiro atoms. The van der Waals surface area contributed by atoms with Crippen molar-refractivity contribution in [1.29, 1.82) is 0 Å². The van der Waals surface area contributed by atoms with E-state index >= 15 is 0 Å². The average molecular weight is 273 g/mol. The van der Waals surface area contributed by atoms with Crippen LogP contribution in [-0.4, -0.2) is 45.5 Å². The molecule has 0 fully saturated rings. The zero-order chi connectivity index (χ0) is 13.4. The lowest BCUT2D eigenvalue weighted by Gasteiger charge is -2.12. The van der Waals surface area contributed by atoms with Crippen LogP contribution in [0.4, 0.5) is 5.95 Å². The summed E-state index contributed by atoms with van der Waals surface area (Å²) < 4.78 is 18.4. The Kier molecular flexibility index (Phi) is 6.97. The first-order valence-corrected chi connectivity index (χ1v) is 7.83. The molecule has 0 amide bonds. The Morgan fingerprint density at radius 3 is 3.06 bits per heavy atom. The highest BCUT2D eigenvalue weighted by molar-refractivity contribution is 7.84. The van der Waals surface area contributed by atoms with Crippen LogP contribution in [0, 0.1) is 0 Å². The maximum Gasteiger partial charge on any atom is 0.202 e. The number of hydrogen-bond acceptors (Lipinski definition) is 4. The molecule has 5 nitrogen and oxygen atoms in total. The fraction of sp³-hybridized carbons (Fsp3) is 0.750. The van der Waals surface area contributed by atoms with E-state index in [4.69, 9.17) is 4.74 Å². The van der Waals surface area contributed by atoms with E-state index in [-0.39, 0.29) is 5.25 Å². The second kappa shape index (κ2) is 8.26. The molecule has 1 aromatic rings. The van der Waals surface area contributed by atoms with E-state index < -0.39 is 10.8 Å². The molecular formula is C12H23N3O2S. The first kappa shape index (κ1) is 15.2. The minimum absolute atomic E-state index is 0.216. The van der Waals surface area contributed by atoms with Gasteiger partial charge in [0.1, 0.15) is 0 Å². The topological polar surface area (TPSA) is 56.1 Å². The standard InChI is InChI=1S/C12H23N3O2S/c1-11(18(3)16)5-8-15-9-7-14-12(15)13-6-4-10-17-2/h7,9,11H,4-6,8,10H2,1-3H3,(H,13,14). The molecule has 1 aromatic heterocycles. The maximum absolute atomic E-state index is 11.3. The summed E-state index contributed by atoms with van der Waals surface area (Å²) in [6, 6.07) is 0. The van der Waals surface area contributed by atoms with Crippen LogP contribution in [0.5, 0.6) is 0 Å². The third-order valence-electron chi connectivity index (χ3n) is 2.87. The summed E-state index contributed by atoms with van der Waals surface area (Å²) in [5, 5.41) is 3.49. The van der Waals surface area contributed by atoms with Crippen LogP contribution in [0.3, 0.4) is 0 Å². The van der Waals surface area contributed by atoms with E-state index in [1.54, 1.807) is 19.6 Å². The van der Waals surface area contributed by atoms with Crippen molar-refractivity contribution in [3.63, 3.8) is 0 Å². The van der Waals surface area contributed by atoms with Gasteiger partial charge in [-0.05, 0) is 12.8 Å². The molecule has 1 heterocycles. The van der Waals surface area contributed by atoms with Crippen LogP contribution in [0.25, 0.3) is 0 Å². The van der Waals surface area contributed by atoms with Gasteiger partial charge in [0.05, 0.1) is 0 Å². The van der Waals surface area contributed by atoms with Gasteiger partial charge in [-0.25, -0.2) is 4.98 Å². The number of hydrogen-bond donors (Lipinski definition) is 1. The van der Waals surface area contributed by atoms with Crippen LogP contribution in [0.1, 0.15) is 19.8 Å². The predicted octanol–water partition coefficient (Wildman–Crippen LogP) is 1.49. The van der Waals surface area contributed by atoms with Gasteiger partial charge in [-0.1, -0.05) is 6.92 Å². The molecule has 0 saturated heterocycles. The summed E-state index contributed by atoms with van der Waals surface area (Å²) in [6.45, 7) is 4.45. The normalized spacial score (nSPS) is 14.4. The Labute approximate surface area is 111 Å². The molecular weight excluding hydrogens is 250 g/mol. The number of ether oxygens (including phenoxy) is 1. The smallest absolute Gasteiger partial charge is 0.202 e. The summed E-state index contributed by atoms with van der Waals surface area (Å²) in [6.07, 6.45) is 7.34. The molecule has 1 rings (SSSR count). The summed E-state index contributed by atoms with van der Waals surface area (Å²) >= 11 is 0. The fourth-order valence-corrected chi connectivity index (χ4v) is 2.00. The van der Waals surface area contributed by atoms with Crippen LogP contribution in [0.15, 0.2) is 12.4 Å². The van der Waals surface area contributed by atoms with Gasteiger partial charge in [0.25, 0.3) is 0 Å². The zero-order valence-electron chi connectivity index (χ0n) is 11.4. The monoisotopic (exact) mass is 273 g/mol. The van der Waals surface area contributed by atoms with Crippen molar-refractivity contribution in [2.24, 2.45) is 0 Å². The van der Waals surface area contributed by atoms with E-state index in [1.165, 1.54) is 0 Å². The Morgan fingerprint density at radius 1 is 1.61 bits per heavy atom. The number of aryl methyl sites for hydroxylation is 1. The van der Waals surface area contributed by atoms with Crippen LogP contribution >= 0.6 is 0 Å². The van der Waals surface area contributed by atoms with Crippen LogP contribution < -0.4 is 5.32 Å². The highest BCUT2D eigenvalue weighted by Gasteiger charge is 2.08. The minimum atomic E-state index is -0.757. The number of nitrogens with one attached hydrogen (secondary N) is 1. The van der Waals surface area contributed by atoms with Gasteiger partial charge < -0.3 is 14.6 Å². The van der Waals surface area contributed by atoms with Gasteiger partial charge >= 0.3 is 0 Å². The SMILES string of the molecule is COCCCNc1nccn1CCC(C)S(C)=O.